The number of carbonyl (C=O) groups excluding carboxylic acids is 2. The van der Waals surface area contributed by atoms with E-state index in [4.69, 9.17) is 9.15 Å². The van der Waals surface area contributed by atoms with Gasteiger partial charge in [0.2, 0.25) is 5.76 Å². The van der Waals surface area contributed by atoms with Crippen LogP contribution in [-0.2, 0) is 9.53 Å². The van der Waals surface area contributed by atoms with E-state index in [1.807, 2.05) is 13.8 Å². The van der Waals surface area contributed by atoms with E-state index in [-0.39, 0.29) is 11.7 Å². The third kappa shape index (κ3) is 3.88. The highest BCUT2D eigenvalue weighted by atomic mass is 19.1. The van der Waals surface area contributed by atoms with Crippen LogP contribution in [0.1, 0.15) is 36.9 Å². The van der Waals surface area contributed by atoms with Gasteiger partial charge in [0.05, 0.1) is 0 Å². The van der Waals surface area contributed by atoms with Gasteiger partial charge in [-0.15, -0.1) is 0 Å². The molecule has 0 fully saturated rings. The summed E-state index contributed by atoms with van der Waals surface area (Å²) in [4.78, 5) is 24.0. The van der Waals surface area contributed by atoms with Crippen LogP contribution >= 0.6 is 0 Å². The number of rotatable bonds is 5. The summed E-state index contributed by atoms with van der Waals surface area (Å²) in [7, 11) is 0. The number of fused-ring (bicyclic) bond motifs is 1. The summed E-state index contributed by atoms with van der Waals surface area (Å²) in [6.45, 7) is 7.57. The van der Waals surface area contributed by atoms with Gasteiger partial charge in [-0.25, -0.2) is 9.18 Å². The van der Waals surface area contributed by atoms with E-state index in [1.54, 1.807) is 6.92 Å². The van der Waals surface area contributed by atoms with E-state index in [9.17, 15) is 14.0 Å². The topological polar surface area (TPSA) is 68.5 Å². The van der Waals surface area contributed by atoms with Gasteiger partial charge in [0.15, 0.2) is 6.10 Å². The lowest BCUT2D eigenvalue weighted by Crippen LogP contribution is -2.37. The van der Waals surface area contributed by atoms with Crippen LogP contribution in [0.5, 0.6) is 0 Å². The van der Waals surface area contributed by atoms with Crippen molar-refractivity contribution in [3.05, 3.63) is 35.3 Å². The van der Waals surface area contributed by atoms with E-state index in [0.717, 1.165) is 0 Å². The van der Waals surface area contributed by atoms with Gasteiger partial charge in [-0.2, -0.15) is 0 Å². The molecule has 1 amide bonds. The van der Waals surface area contributed by atoms with Crippen LogP contribution in [0.3, 0.4) is 0 Å². The maximum Gasteiger partial charge on any atom is 0.375 e. The van der Waals surface area contributed by atoms with Gasteiger partial charge >= 0.3 is 5.97 Å². The molecule has 5 nitrogen and oxygen atoms in total. The van der Waals surface area contributed by atoms with Crippen molar-refractivity contribution in [1.29, 1.82) is 0 Å². The fraction of sp³-hybridized carbons (Fsp3) is 0.412. The molecule has 124 valence electrons. The van der Waals surface area contributed by atoms with Crippen molar-refractivity contribution >= 4 is 22.8 Å². The number of amides is 1. The zero-order valence-electron chi connectivity index (χ0n) is 13.6. The fourth-order valence-electron chi connectivity index (χ4n) is 2.10. The number of carbonyl (C=O) groups is 2. The molecule has 0 saturated carbocycles. The minimum Gasteiger partial charge on any atom is -0.449 e. The molecule has 6 heteroatoms. The Balaban J connectivity index is 2.11. The van der Waals surface area contributed by atoms with Gasteiger partial charge < -0.3 is 14.5 Å². The molecule has 1 aromatic heterocycles. The van der Waals surface area contributed by atoms with E-state index in [2.05, 4.69) is 5.32 Å². The molecular weight excluding hydrogens is 301 g/mol. The van der Waals surface area contributed by atoms with Gasteiger partial charge in [-0.05, 0) is 38.0 Å². The molecular formula is C17H20FNO4. The standard InChI is InChI=1S/C17H20FNO4/c1-9(2)8-19-16(20)11(4)22-17(21)15-10(3)13-7-12(18)5-6-14(13)23-15/h5-7,9,11H,8H2,1-4H3,(H,19,20)/t11-/m1/s1. The van der Waals surface area contributed by atoms with Crippen LogP contribution < -0.4 is 5.32 Å². The molecule has 0 bridgehead atoms. The summed E-state index contributed by atoms with van der Waals surface area (Å²) >= 11 is 0. The van der Waals surface area contributed by atoms with Gasteiger partial charge in [0.1, 0.15) is 11.4 Å². The van der Waals surface area contributed by atoms with Crippen molar-refractivity contribution in [2.75, 3.05) is 6.54 Å². The summed E-state index contributed by atoms with van der Waals surface area (Å²) in [6, 6.07) is 4.00. The third-order valence-corrected chi connectivity index (χ3v) is 3.42. The molecule has 0 aliphatic carbocycles. The molecule has 2 aromatic rings. The van der Waals surface area contributed by atoms with Crippen molar-refractivity contribution in [3.8, 4) is 0 Å². The monoisotopic (exact) mass is 321 g/mol. The van der Waals surface area contributed by atoms with Gasteiger partial charge in [0, 0.05) is 17.5 Å². The summed E-state index contributed by atoms with van der Waals surface area (Å²) in [5, 5.41) is 3.20. The third-order valence-electron chi connectivity index (χ3n) is 3.42. The second kappa shape index (κ2) is 6.81. The van der Waals surface area contributed by atoms with E-state index < -0.39 is 17.9 Å². The number of hydrogen-bond acceptors (Lipinski definition) is 4. The fourth-order valence-corrected chi connectivity index (χ4v) is 2.10. The minimum atomic E-state index is -0.939. The molecule has 23 heavy (non-hydrogen) atoms. The van der Waals surface area contributed by atoms with Crippen LogP contribution in [0.15, 0.2) is 22.6 Å². The van der Waals surface area contributed by atoms with Crippen LogP contribution in [0.25, 0.3) is 11.0 Å². The Labute approximate surface area is 133 Å². The highest BCUT2D eigenvalue weighted by molar-refractivity contribution is 5.97. The van der Waals surface area contributed by atoms with Crippen molar-refractivity contribution < 1.29 is 23.1 Å². The van der Waals surface area contributed by atoms with Crippen molar-refractivity contribution in [1.82, 2.24) is 5.32 Å². The second-order valence-electron chi connectivity index (χ2n) is 5.88. The van der Waals surface area contributed by atoms with Crippen LogP contribution in [-0.4, -0.2) is 24.5 Å². The average Bonchev–Trinajstić information content (AvgIpc) is 2.81. The smallest absolute Gasteiger partial charge is 0.375 e. The maximum absolute atomic E-state index is 13.3. The molecule has 0 unspecified atom stereocenters. The number of halogens is 1. The van der Waals surface area contributed by atoms with Crippen LogP contribution in [0, 0.1) is 18.7 Å². The summed E-state index contributed by atoms with van der Waals surface area (Å²) in [5.74, 6) is -1.25. The SMILES string of the molecule is Cc1c(C(=O)O[C@H](C)C(=O)NCC(C)C)oc2ccc(F)cc12. The highest BCUT2D eigenvalue weighted by Gasteiger charge is 2.24. The number of aryl methyl sites for hydroxylation is 1. The normalized spacial score (nSPS) is 12.4. The van der Waals surface area contributed by atoms with Gasteiger partial charge in [-0.1, -0.05) is 13.8 Å². The Hall–Kier alpha value is -2.37. The number of nitrogens with one attached hydrogen (secondary N) is 1. The Morgan fingerprint density at radius 1 is 1.30 bits per heavy atom. The molecule has 0 radical (unpaired) electrons. The van der Waals surface area contributed by atoms with Crippen molar-refractivity contribution in [2.24, 2.45) is 5.92 Å². The molecule has 1 atom stereocenters. The van der Waals surface area contributed by atoms with E-state index >= 15 is 0 Å². The summed E-state index contributed by atoms with van der Waals surface area (Å²) < 4.78 is 23.8. The molecule has 1 N–H and O–H groups in total. The first-order valence-corrected chi connectivity index (χ1v) is 7.47. The Bertz CT molecular complexity index is 736. The van der Waals surface area contributed by atoms with E-state index in [1.165, 1.54) is 25.1 Å². The lowest BCUT2D eigenvalue weighted by Gasteiger charge is -2.14. The molecule has 1 aromatic carbocycles. The first-order valence-electron chi connectivity index (χ1n) is 7.47. The first-order chi connectivity index (χ1) is 10.8. The Kier molecular flexibility index (Phi) is 5.03. The Morgan fingerprint density at radius 2 is 2.00 bits per heavy atom. The highest BCUT2D eigenvalue weighted by Crippen LogP contribution is 2.26. The number of esters is 1. The predicted molar refractivity (Wildman–Crippen MR) is 83.6 cm³/mol. The maximum atomic E-state index is 13.3. The van der Waals surface area contributed by atoms with Crippen LogP contribution in [0.2, 0.25) is 0 Å². The molecule has 2 rings (SSSR count). The largest absolute Gasteiger partial charge is 0.449 e. The van der Waals surface area contributed by atoms with Crippen molar-refractivity contribution in [3.63, 3.8) is 0 Å². The first kappa shape index (κ1) is 17.0. The zero-order chi connectivity index (χ0) is 17.1. The summed E-state index contributed by atoms with van der Waals surface area (Å²) in [6.07, 6.45) is -0.939. The summed E-state index contributed by atoms with van der Waals surface area (Å²) in [5.41, 5.74) is 0.882. The molecule has 0 aliphatic rings. The quantitative estimate of drug-likeness (QED) is 0.859. The number of hydrogen-bond donors (Lipinski definition) is 1. The van der Waals surface area contributed by atoms with Gasteiger partial charge in [-0.3, -0.25) is 4.79 Å². The second-order valence-corrected chi connectivity index (χ2v) is 5.88. The van der Waals surface area contributed by atoms with Gasteiger partial charge in [0.25, 0.3) is 5.91 Å². The van der Waals surface area contributed by atoms with E-state index in [0.29, 0.717) is 29.0 Å². The minimum absolute atomic E-state index is 0.0193. The number of ether oxygens (including phenoxy) is 1. The predicted octanol–water partition coefficient (Wildman–Crippen LogP) is 3.20. The number of furan rings is 1. The lowest BCUT2D eigenvalue weighted by molar-refractivity contribution is -0.129. The number of benzene rings is 1. The zero-order valence-corrected chi connectivity index (χ0v) is 13.6. The molecule has 0 aliphatic heterocycles. The average molecular weight is 321 g/mol. The molecule has 0 spiro atoms. The van der Waals surface area contributed by atoms with Crippen LogP contribution in [0.4, 0.5) is 4.39 Å². The molecule has 1 heterocycles. The Morgan fingerprint density at radius 3 is 2.65 bits per heavy atom. The lowest BCUT2D eigenvalue weighted by atomic mass is 10.1. The molecule has 0 saturated heterocycles. The van der Waals surface area contributed by atoms with Crippen molar-refractivity contribution in [2.45, 2.75) is 33.8 Å².